The first-order valence-electron chi connectivity index (χ1n) is 10.4. The number of nitrogens with zero attached hydrogens (tertiary/aromatic N) is 1. The van der Waals surface area contributed by atoms with E-state index >= 15 is 0 Å². The van der Waals surface area contributed by atoms with Crippen molar-refractivity contribution in [1.29, 1.82) is 0 Å². The minimum Gasteiger partial charge on any atom is -0.354 e. The lowest BCUT2D eigenvalue weighted by Gasteiger charge is -2.32. The Kier molecular flexibility index (Phi) is 7.78. The Morgan fingerprint density at radius 2 is 1.33 bits per heavy atom. The van der Waals surface area contributed by atoms with E-state index in [9.17, 15) is 9.59 Å². The van der Waals surface area contributed by atoms with Gasteiger partial charge in [0, 0.05) is 13.1 Å². The molecule has 0 saturated heterocycles. The van der Waals surface area contributed by atoms with Gasteiger partial charge in [-0.05, 0) is 23.1 Å². The van der Waals surface area contributed by atoms with Crippen LogP contribution in [0, 0.1) is 0 Å². The molecule has 0 saturated carbocycles. The third-order valence-corrected chi connectivity index (χ3v) is 4.94. The number of benzene rings is 3. The first-order valence-corrected chi connectivity index (χ1v) is 10.4. The second-order valence-corrected chi connectivity index (χ2v) is 7.27. The van der Waals surface area contributed by atoms with Crippen LogP contribution in [-0.2, 0) is 22.6 Å². The fourth-order valence-electron chi connectivity index (χ4n) is 3.43. The molecule has 4 nitrogen and oxygen atoms in total. The van der Waals surface area contributed by atoms with Gasteiger partial charge in [-0.15, -0.1) is 0 Å². The van der Waals surface area contributed by atoms with Crippen molar-refractivity contribution in [3.05, 3.63) is 108 Å². The highest BCUT2D eigenvalue weighted by Crippen LogP contribution is 2.25. The minimum absolute atomic E-state index is 0.0782. The molecule has 1 atom stereocenters. The monoisotopic (exact) mass is 400 g/mol. The molecule has 0 aliphatic carbocycles. The highest BCUT2D eigenvalue weighted by atomic mass is 16.2. The lowest BCUT2D eigenvalue weighted by Crippen LogP contribution is -2.44. The van der Waals surface area contributed by atoms with Crippen LogP contribution in [-0.4, -0.2) is 23.3 Å². The second kappa shape index (κ2) is 11.0. The molecular formula is C26H28N2O2. The Balaban J connectivity index is 1.97. The van der Waals surface area contributed by atoms with E-state index in [-0.39, 0.29) is 18.2 Å². The molecule has 0 radical (unpaired) electrons. The van der Waals surface area contributed by atoms with Gasteiger partial charge in [0.05, 0.1) is 6.42 Å². The van der Waals surface area contributed by atoms with E-state index in [0.29, 0.717) is 13.1 Å². The van der Waals surface area contributed by atoms with E-state index in [2.05, 4.69) is 5.32 Å². The Morgan fingerprint density at radius 3 is 1.90 bits per heavy atom. The van der Waals surface area contributed by atoms with Crippen LogP contribution in [0.25, 0.3) is 0 Å². The van der Waals surface area contributed by atoms with E-state index in [1.165, 1.54) is 0 Å². The van der Waals surface area contributed by atoms with Crippen LogP contribution in [0.4, 0.5) is 0 Å². The molecule has 4 heteroatoms. The van der Waals surface area contributed by atoms with Crippen molar-refractivity contribution in [2.45, 2.75) is 32.4 Å². The van der Waals surface area contributed by atoms with Crippen LogP contribution in [0.3, 0.4) is 0 Å². The van der Waals surface area contributed by atoms with Crippen molar-refractivity contribution in [3.8, 4) is 0 Å². The van der Waals surface area contributed by atoms with Crippen molar-refractivity contribution in [2.24, 2.45) is 0 Å². The molecule has 30 heavy (non-hydrogen) atoms. The second-order valence-electron chi connectivity index (χ2n) is 7.27. The highest BCUT2D eigenvalue weighted by Gasteiger charge is 2.31. The highest BCUT2D eigenvalue weighted by molar-refractivity contribution is 5.89. The molecule has 2 amide bonds. The Hall–Kier alpha value is -3.40. The average Bonchev–Trinajstić information content (AvgIpc) is 2.79. The summed E-state index contributed by atoms with van der Waals surface area (Å²) in [6.07, 6.45) is 1.09. The van der Waals surface area contributed by atoms with Crippen molar-refractivity contribution in [2.75, 3.05) is 6.54 Å². The van der Waals surface area contributed by atoms with Crippen molar-refractivity contribution < 1.29 is 9.59 Å². The number of carbonyl (C=O) groups excluding carboxylic acids is 2. The minimum atomic E-state index is -0.686. The first-order chi connectivity index (χ1) is 14.7. The zero-order valence-electron chi connectivity index (χ0n) is 17.3. The third-order valence-electron chi connectivity index (χ3n) is 4.94. The quantitative estimate of drug-likeness (QED) is 0.574. The maximum absolute atomic E-state index is 13.5. The molecule has 1 N–H and O–H groups in total. The Morgan fingerprint density at radius 1 is 0.800 bits per heavy atom. The topological polar surface area (TPSA) is 49.4 Å². The van der Waals surface area contributed by atoms with E-state index < -0.39 is 6.04 Å². The van der Waals surface area contributed by atoms with Gasteiger partial charge in [0.2, 0.25) is 11.8 Å². The van der Waals surface area contributed by atoms with Gasteiger partial charge in [-0.3, -0.25) is 9.59 Å². The summed E-state index contributed by atoms with van der Waals surface area (Å²) in [7, 11) is 0. The molecule has 1 unspecified atom stereocenters. The maximum Gasteiger partial charge on any atom is 0.247 e. The van der Waals surface area contributed by atoms with Crippen LogP contribution in [0.15, 0.2) is 91.0 Å². The summed E-state index contributed by atoms with van der Waals surface area (Å²) in [6, 6.07) is 28.3. The van der Waals surface area contributed by atoms with Crippen LogP contribution >= 0.6 is 0 Å². The fraction of sp³-hybridized carbons (Fsp3) is 0.231. The van der Waals surface area contributed by atoms with Crippen molar-refractivity contribution in [1.82, 2.24) is 10.2 Å². The number of hydrogen-bond donors (Lipinski definition) is 1. The maximum atomic E-state index is 13.5. The molecule has 3 rings (SSSR count). The number of carbonyl (C=O) groups is 2. The number of rotatable bonds is 9. The molecule has 0 aromatic heterocycles. The SMILES string of the molecule is CCCNC(=O)C(c1ccccc1)N(Cc1ccccc1)C(=O)Cc1ccccc1. The molecule has 3 aromatic rings. The van der Waals surface area contributed by atoms with Crippen LogP contribution in [0.5, 0.6) is 0 Å². The standard InChI is InChI=1S/C26H28N2O2/c1-2-18-27-26(30)25(23-16-10-5-11-17-23)28(20-22-14-8-4-9-15-22)24(29)19-21-12-6-3-7-13-21/h3-17,25H,2,18-20H2,1H3,(H,27,30). The average molecular weight is 401 g/mol. The summed E-state index contributed by atoms with van der Waals surface area (Å²) in [5.41, 5.74) is 2.73. The van der Waals surface area contributed by atoms with Gasteiger partial charge >= 0.3 is 0 Å². The van der Waals surface area contributed by atoms with E-state index in [1.54, 1.807) is 4.90 Å². The fourth-order valence-corrected chi connectivity index (χ4v) is 3.43. The van der Waals surface area contributed by atoms with Crippen molar-refractivity contribution >= 4 is 11.8 Å². The van der Waals surface area contributed by atoms with Gasteiger partial charge in [0.1, 0.15) is 6.04 Å². The normalized spacial score (nSPS) is 11.5. The van der Waals surface area contributed by atoms with Gasteiger partial charge in [-0.1, -0.05) is 97.9 Å². The molecular weight excluding hydrogens is 372 g/mol. The predicted molar refractivity (Wildman–Crippen MR) is 120 cm³/mol. The van der Waals surface area contributed by atoms with E-state index in [1.807, 2.05) is 97.9 Å². The smallest absolute Gasteiger partial charge is 0.247 e. The molecule has 154 valence electrons. The Labute approximate surface area is 178 Å². The van der Waals surface area contributed by atoms with Crippen molar-refractivity contribution in [3.63, 3.8) is 0 Å². The number of hydrogen-bond acceptors (Lipinski definition) is 2. The molecule has 0 spiro atoms. The molecule has 0 fully saturated rings. The predicted octanol–water partition coefficient (Wildman–Crippen LogP) is 4.53. The Bertz CT molecular complexity index is 927. The molecule has 0 bridgehead atoms. The van der Waals surface area contributed by atoms with Gasteiger partial charge < -0.3 is 10.2 Å². The summed E-state index contributed by atoms with van der Waals surface area (Å²) >= 11 is 0. The molecule has 0 aliphatic rings. The first kappa shape index (κ1) is 21.3. The molecule has 0 heterocycles. The van der Waals surface area contributed by atoms with Crippen LogP contribution < -0.4 is 5.32 Å². The van der Waals surface area contributed by atoms with E-state index in [4.69, 9.17) is 0 Å². The molecule has 3 aromatic carbocycles. The van der Waals surface area contributed by atoms with Crippen LogP contribution in [0.1, 0.15) is 36.1 Å². The van der Waals surface area contributed by atoms with Gasteiger partial charge in [-0.2, -0.15) is 0 Å². The molecule has 0 aliphatic heterocycles. The zero-order chi connectivity index (χ0) is 21.2. The number of amides is 2. The summed E-state index contributed by atoms with van der Waals surface area (Å²) < 4.78 is 0. The summed E-state index contributed by atoms with van der Waals surface area (Å²) in [4.78, 5) is 28.3. The van der Waals surface area contributed by atoms with Gasteiger partial charge in [0.25, 0.3) is 0 Å². The summed E-state index contributed by atoms with van der Waals surface area (Å²) in [5.74, 6) is -0.231. The largest absolute Gasteiger partial charge is 0.354 e. The van der Waals surface area contributed by atoms with Gasteiger partial charge in [0.15, 0.2) is 0 Å². The van der Waals surface area contributed by atoms with E-state index in [0.717, 1.165) is 23.1 Å². The lowest BCUT2D eigenvalue weighted by atomic mass is 10.0. The lowest BCUT2D eigenvalue weighted by molar-refractivity contribution is -0.141. The third kappa shape index (κ3) is 5.80. The summed E-state index contributed by atoms with van der Waals surface area (Å²) in [5, 5.41) is 2.98. The summed E-state index contributed by atoms with van der Waals surface area (Å²) in [6.45, 7) is 2.96. The van der Waals surface area contributed by atoms with Crippen LogP contribution in [0.2, 0.25) is 0 Å². The number of nitrogens with one attached hydrogen (secondary N) is 1. The zero-order valence-corrected chi connectivity index (χ0v) is 17.3. The van der Waals surface area contributed by atoms with Gasteiger partial charge in [-0.25, -0.2) is 0 Å².